The molecule has 4 heteroatoms. The van der Waals surface area contributed by atoms with Crippen molar-refractivity contribution in [3.8, 4) is 0 Å². The lowest BCUT2D eigenvalue weighted by Crippen LogP contribution is -2.15. The molecule has 0 rings (SSSR count). The summed E-state index contributed by atoms with van der Waals surface area (Å²) in [5, 5.41) is 8.58. The van der Waals surface area contributed by atoms with E-state index in [2.05, 4.69) is 13.0 Å². The van der Waals surface area contributed by atoms with Crippen LogP contribution in [0.3, 0.4) is 0 Å². The lowest BCUT2D eigenvalue weighted by molar-refractivity contribution is -0.147. The Kier molecular flexibility index (Phi) is 13.7. The van der Waals surface area contributed by atoms with Gasteiger partial charge in [0.15, 0.2) is 0 Å². The minimum Gasteiger partial charge on any atom is -0.481 e. The van der Waals surface area contributed by atoms with Crippen molar-refractivity contribution in [1.29, 1.82) is 0 Å². The third-order valence-corrected chi connectivity index (χ3v) is 3.44. The van der Waals surface area contributed by atoms with E-state index < -0.39 is 5.97 Å². The average molecular weight is 312 g/mol. The Morgan fingerprint density at radius 3 is 2.36 bits per heavy atom. The topological polar surface area (TPSA) is 63.6 Å². The van der Waals surface area contributed by atoms with Gasteiger partial charge in [0.1, 0.15) is 6.10 Å². The van der Waals surface area contributed by atoms with Crippen molar-refractivity contribution in [1.82, 2.24) is 0 Å². The van der Waals surface area contributed by atoms with Gasteiger partial charge in [-0.25, -0.2) is 0 Å². The number of ether oxygens (including phenoxy) is 1. The van der Waals surface area contributed by atoms with E-state index in [1.807, 2.05) is 13.0 Å². The maximum atomic E-state index is 11.6. The first-order valence-corrected chi connectivity index (χ1v) is 8.68. The van der Waals surface area contributed by atoms with Crippen LogP contribution in [0.2, 0.25) is 0 Å². The van der Waals surface area contributed by atoms with Gasteiger partial charge < -0.3 is 9.84 Å². The van der Waals surface area contributed by atoms with Crippen molar-refractivity contribution < 1.29 is 19.4 Å². The Morgan fingerprint density at radius 1 is 1.00 bits per heavy atom. The first kappa shape index (κ1) is 20.7. The Labute approximate surface area is 134 Å². The molecule has 0 spiro atoms. The van der Waals surface area contributed by atoms with Crippen molar-refractivity contribution in [2.45, 2.75) is 90.6 Å². The zero-order chi connectivity index (χ0) is 16.6. The number of esters is 1. The highest BCUT2D eigenvalue weighted by molar-refractivity contribution is 5.69. The highest BCUT2D eigenvalue weighted by atomic mass is 16.5. The van der Waals surface area contributed by atoms with Crippen LogP contribution in [0.1, 0.15) is 84.5 Å². The van der Waals surface area contributed by atoms with Crippen LogP contribution in [0, 0.1) is 0 Å². The summed E-state index contributed by atoms with van der Waals surface area (Å²) in [6.07, 6.45) is 13.3. The summed E-state index contributed by atoms with van der Waals surface area (Å²) in [4.78, 5) is 22.1. The largest absolute Gasteiger partial charge is 0.481 e. The van der Waals surface area contributed by atoms with Gasteiger partial charge in [-0.2, -0.15) is 0 Å². The number of carboxylic acid groups (broad SMARTS) is 1. The zero-order valence-electron chi connectivity index (χ0n) is 14.2. The molecule has 0 saturated carbocycles. The van der Waals surface area contributed by atoms with Crippen LogP contribution < -0.4 is 0 Å². The lowest BCUT2D eigenvalue weighted by atomic mass is 10.1. The first-order valence-electron chi connectivity index (χ1n) is 8.68. The van der Waals surface area contributed by atoms with Gasteiger partial charge >= 0.3 is 11.9 Å². The molecular weight excluding hydrogens is 280 g/mol. The normalized spacial score (nSPS) is 12.5. The van der Waals surface area contributed by atoms with Crippen molar-refractivity contribution in [2.75, 3.05) is 0 Å². The molecule has 0 aromatic carbocycles. The third-order valence-electron chi connectivity index (χ3n) is 3.44. The van der Waals surface area contributed by atoms with E-state index in [0.717, 1.165) is 57.8 Å². The highest BCUT2D eigenvalue weighted by Crippen LogP contribution is 2.12. The van der Waals surface area contributed by atoms with E-state index in [1.54, 1.807) is 0 Å². The van der Waals surface area contributed by atoms with Gasteiger partial charge in [0, 0.05) is 12.8 Å². The van der Waals surface area contributed by atoms with Gasteiger partial charge in [-0.3, -0.25) is 9.59 Å². The molecule has 0 aliphatic carbocycles. The summed E-state index contributed by atoms with van der Waals surface area (Å²) in [5.41, 5.74) is 0. The monoisotopic (exact) mass is 312 g/mol. The van der Waals surface area contributed by atoms with E-state index in [1.165, 1.54) is 0 Å². The smallest absolute Gasteiger partial charge is 0.306 e. The third kappa shape index (κ3) is 13.7. The van der Waals surface area contributed by atoms with Gasteiger partial charge in [-0.1, -0.05) is 45.6 Å². The first-order chi connectivity index (χ1) is 10.6. The minimum atomic E-state index is -0.731. The SMILES string of the molecule is CCCC/C=C\C(CCCCCCC(=O)O)OC(=O)CCC. The summed E-state index contributed by atoms with van der Waals surface area (Å²) >= 11 is 0. The van der Waals surface area contributed by atoms with Crippen molar-refractivity contribution in [3.05, 3.63) is 12.2 Å². The van der Waals surface area contributed by atoms with Gasteiger partial charge in [0.05, 0.1) is 0 Å². The Balaban J connectivity index is 4.02. The molecular formula is C18H32O4. The van der Waals surface area contributed by atoms with E-state index in [0.29, 0.717) is 6.42 Å². The van der Waals surface area contributed by atoms with Crippen LogP contribution in [-0.4, -0.2) is 23.1 Å². The van der Waals surface area contributed by atoms with Crippen LogP contribution in [0.5, 0.6) is 0 Å². The number of carboxylic acids is 1. The van der Waals surface area contributed by atoms with Gasteiger partial charge in [-0.15, -0.1) is 0 Å². The molecule has 0 fully saturated rings. The molecule has 128 valence electrons. The molecule has 0 aromatic rings. The molecule has 0 bridgehead atoms. The molecule has 1 N–H and O–H groups in total. The molecule has 0 heterocycles. The number of unbranched alkanes of at least 4 members (excludes halogenated alkanes) is 5. The van der Waals surface area contributed by atoms with E-state index in [9.17, 15) is 9.59 Å². The van der Waals surface area contributed by atoms with Gasteiger partial charge in [-0.05, 0) is 38.2 Å². The maximum absolute atomic E-state index is 11.6. The molecule has 0 aliphatic heterocycles. The van der Waals surface area contributed by atoms with E-state index >= 15 is 0 Å². The second-order valence-electron chi connectivity index (χ2n) is 5.70. The molecule has 1 atom stereocenters. The van der Waals surface area contributed by atoms with Crippen LogP contribution in [0.25, 0.3) is 0 Å². The molecule has 4 nitrogen and oxygen atoms in total. The molecule has 22 heavy (non-hydrogen) atoms. The van der Waals surface area contributed by atoms with E-state index in [4.69, 9.17) is 9.84 Å². The number of carbonyl (C=O) groups excluding carboxylic acids is 1. The molecule has 1 unspecified atom stereocenters. The molecule has 0 radical (unpaired) electrons. The quantitative estimate of drug-likeness (QED) is 0.282. The summed E-state index contributed by atoms with van der Waals surface area (Å²) in [7, 11) is 0. The fourth-order valence-corrected chi connectivity index (χ4v) is 2.17. The van der Waals surface area contributed by atoms with E-state index in [-0.39, 0.29) is 18.5 Å². The summed E-state index contributed by atoms with van der Waals surface area (Å²) < 4.78 is 5.50. The summed E-state index contributed by atoms with van der Waals surface area (Å²) in [6, 6.07) is 0. The number of rotatable bonds is 14. The van der Waals surface area contributed by atoms with Crippen molar-refractivity contribution in [2.24, 2.45) is 0 Å². The molecule has 0 aliphatic rings. The summed E-state index contributed by atoms with van der Waals surface area (Å²) in [6.45, 7) is 4.12. The zero-order valence-corrected chi connectivity index (χ0v) is 14.2. The van der Waals surface area contributed by atoms with Crippen LogP contribution in [0.4, 0.5) is 0 Å². The molecule has 0 amide bonds. The minimum absolute atomic E-state index is 0.126. The van der Waals surface area contributed by atoms with Crippen LogP contribution in [0.15, 0.2) is 12.2 Å². The highest BCUT2D eigenvalue weighted by Gasteiger charge is 2.10. The standard InChI is InChI=1S/C18H32O4/c1-3-5-6-9-13-16(22-18(21)12-4-2)14-10-7-8-11-15-17(19)20/h9,13,16H,3-8,10-12,14-15H2,1-2H3,(H,19,20)/b13-9-. The fraction of sp³-hybridized carbons (Fsp3) is 0.778. The fourth-order valence-electron chi connectivity index (χ4n) is 2.17. The Bertz CT molecular complexity index is 323. The van der Waals surface area contributed by atoms with Crippen molar-refractivity contribution in [3.63, 3.8) is 0 Å². The number of aliphatic carboxylic acids is 1. The van der Waals surface area contributed by atoms with Gasteiger partial charge in [0.2, 0.25) is 0 Å². The second kappa shape index (κ2) is 14.6. The number of hydrogen-bond donors (Lipinski definition) is 1. The maximum Gasteiger partial charge on any atom is 0.306 e. The number of allylic oxidation sites excluding steroid dienone is 1. The van der Waals surface area contributed by atoms with Crippen LogP contribution in [-0.2, 0) is 14.3 Å². The molecule has 0 saturated heterocycles. The number of hydrogen-bond acceptors (Lipinski definition) is 3. The van der Waals surface area contributed by atoms with Crippen molar-refractivity contribution >= 4 is 11.9 Å². The predicted octanol–water partition coefficient (Wildman–Crippen LogP) is 4.87. The second-order valence-corrected chi connectivity index (χ2v) is 5.70. The lowest BCUT2D eigenvalue weighted by Gasteiger charge is -2.14. The molecule has 0 aromatic heterocycles. The summed E-state index contributed by atoms with van der Waals surface area (Å²) in [5.74, 6) is -0.858. The average Bonchev–Trinajstić information content (AvgIpc) is 2.46. The van der Waals surface area contributed by atoms with Gasteiger partial charge in [0.25, 0.3) is 0 Å². The Hall–Kier alpha value is -1.32. The Morgan fingerprint density at radius 2 is 1.73 bits per heavy atom. The number of carbonyl (C=O) groups is 2. The van der Waals surface area contributed by atoms with Crippen LogP contribution >= 0.6 is 0 Å². The predicted molar refractivity (Wildman–Crippen MR) is 88.8 cm³/mol.